The summed E-state index contributed by atoms with van der Waals surface area (Å²) in [7, 11) is 0. The van der Waals surface area contributed by atoms with Crippen molar-refractivity contribution in [1.82, 2.24) is 14.9 Å². The third kappa shape index (κ3) is 4.60. The number of aromatic nitrogens is 2. The lowest BCUT2D eigenvalue weighted by atomic mass is 9.98. The number of hydrogen-bond donors (Lipinski definition) is 1. The predicted molar refractivity (Wildman–Crippen MR) is 83.8 cm³/mol. The van der Waals surface area contributed by atoms with Gasteiger partial charge in [-0.1, -0.05) is 27.7 Å². The molecule has 2 unspecified atom stereocenters. The summed E-state index contributed by atoms with van der Waals surface area (Å²) in [6.45, 7) is 13.6. The van der Waals surface area contributed by atoms with Crippen molar-refractivity contribution in [3.05, 3.63) is 18.2 Å². The molecule has 0 spiro atoms. The molecule has 0 aromatic carbocycles. The molecule has 0 aliphatic heterocycles. The molecule has 1 aromatic rings. The molecule has 1 aromatic heterocycles. The highest BCUT2D eigenvalue weighted by Crippen LogP contribution is 2.24. The zero-order valence-corrected chi connectivity index (χ0v) is 13.7. The van der Waals surface area contributed by atoms with Gasteiger partial charge in [0.05, 0.1) is 12.1 Å². The van der Waals surface area contributed by atoms with E-state index in [1.54, 1.807) is 0 Å². The van der Waals surface area contributed by atoms with Gasteiger partial charge in [-0.15, -0.1) is 0 Å². The van der Waals surface area contributed by atoms with Gasteiger partial charge in [0.25, 0.3) is 0 Å². The van der Waals surface area contributed by atoms with E-state index in [0.717, 1.165) is 38.4 Å². The van der Waals surface area contributed by atoms with Gasteiger partial charge in [-0.05, 0) is 32.2 Å². The van der Waals surface area contributed by atoms with E-state index in [2.05, 4.69) is 55.7 Å². The maximum absolute atomic E-state index is 6.00. The molecule has 1 heterocycles. The smallest absolute Gasteiger partial charge is 0.128 e. The first kappa shape index (κ1) is 17.2. The van der Waals surface area contributed by atoms with E-state index < -0.39 is 0 Å². The molecule has 1 N–H and O–H groups in total. The summed E-state index contributed by atoms with van der Waals surface area (Å²) >= 11 is 0. The van der Waals surface area contributed by atoms with Crippen molar-refractivity contribution in [2.45, 2.75) is 66.2 Å². The first-order valence-electron chi connectivity index (χ1n) is 8.01. The first-order chi connectivity index (χ1) is 9.65. The Hall–Kier alpha value is -0.870. The normalized spacial score (nSPS) is 14.7. The van der Waals surface area contributed by atoms with Gasteiger partial charge in [0.15, 0.2) is 0 Å². The molecule has 116 valence electrons. The number of aryl methyl sites for hydroxylation is 1. The Labute approximate surface area is 123 Å². The SMILES string of the molecule is CCCNC(c1nccn1CCC)C(OCC)C(C)C. The molecular weight excluding hydrogens is 250 g/mol. The molecule has 0 aliphatic rings. The van der Waals surface area contributed by atoms with Crippen molar-refractivity contribution < 1.29 is 4.74 Å². The highest BCUT2D eigenvalue weighted by atomic mass is 16.5. The third-order valence-electron chi connectivity index (χ3n) is 3.45. The summed E-state index contributed by atoms with van der Waals surface area (Å²) in [6.07, 6.45) is 6.36. The predicted octanol–water partition coefficient (Wildman–Crippen LogP) is 3.39. The van der Waals surface area contributed by atoms with E-state index in [1.807, 2.05) is 6.20 Å². The molecule has 4 nitrogen and oxygen atoms in total. The molecule has 1 rings (SSSR count). The molecule has 2 atom stereocenters. The Bertz CT molecular complexity index is 362. The largest absolute Gasteiger partial charge is 0.376 e. The van der Waals surface area contributed by atoms with Gasteiger partial charge < -0.3 is 14.6 Å². The minimum atomic E-state index is 0.157. The molecular formula is C16H31N3O. The zero-order valence-electron chi connectivity index (χ0n) is 13.7. The Morgan fingerprint density at radius 3 is 2.55 bits per heavy atom. The van der Waals surface area contributed by atoms with Crippen molar-refractivity contribution in [3.8, 4) is 0 Å². The Morgan fingerprint density at radius 2 is 2.00 bits per heavy atom. The van der Waals surface area contributed by atoms with Gasteiger partial charge in [0, 0.05) is 25.5 Å². The number of rotatable bonds is 10. The van der Waals surface area contributed by atoms with E-state index in [4.69, 9.17) is 4.74 Å². The fourth-order valence-corrected chi connectivity index (χ4v) is 2.55. The average molecular weight is 281 g/mol. The third-order valence-corrected chi connectivity index (χ3v) is 3.45. The van der Waals surface area contributed by atoms with Crippen molar-refractivity contribution in [1.29, 1.82) is 0 Å². The molecule has 0 saturated carbocycles. The topological polar surface area (TPSA) is 39.1 Å². The first-order valence-corrected chi connectivity index (χ1v) is 8.01. The van der Waals surface area contributed by atoms with Crippen LogP contribution in [0.5, 0.6) is 0 Å². The lowest BCUT2D eigenvalue weighted by Crippen LogP contribution is -2.39. The van der Waals surface area contributed by atoms with E-state index >= 15 is 0 Å². The second-order valence-electron chi connectivity index (χ2n) is 5.57. The van der Waals surface area contributed by atoms with Crippen LogP contribution in [0.1, 0.15) is 59.3 Å². The van der Waals surface area contributed by atoms with E-state index in [0.29, 0.717) is 5.92 Å². The van der Waals surface area contributed by atoms with Crippen LogP contribution >= 0.6 is 0 Å². The van der Waals surface area contributed by atoms with Crippen LogP contribution in [0.4, 0.5) is 0 Å². The van der Waals surface area contributed by atoms with E-state index in [-0.39, 0.29) is 12.1 Å². The van der Waals surface area contributed by atoms with Gasteiger partial charge in [-0.3, -0.25) is 0 Å². The number of imidazole rings is 1. The van der Waals surface area contributed by atoms with Gasteiger partial charge in [0.1, 0.15) is 5.82 Å². The molecule has 0 amide bonds. The molecule has 0 bridgehead atoms. The van der Waals surface area contributed by atoms with Crippen molar-refractivity contribution in [3.63, 3.8) is 0 Å². The van der Waals surface area contributed by atoms with E-state index in [9.17, 15) is 0 Å². The summed E-state index contributed by atoms with van der Waals surface area (Å²) in [4.78, 5) is 4.59. The van der Waals surface area contributed by atoms with Crippen LogP contribution in [0.2, 0.25) is 0 Å². The van der Waals surface area contributed by atoms with E-state index in [1.165, 1.54) is 0 Å². The van der Waals surface area contributed by atoms with Crippen LogP contribution in [0.3, 0.4) is 0 Å². The molecule has 4 heteroatoms. The highest BCUT2D eigenvalue weighted by Gasteiger charge is 2.29. The maximum atomic E-state index is 6.00. The Kier molecular flexibility index (Phi) is 7.85. The standard InChI is InChI=1S/C16H31N3O/c1-6-9-17-14(15(13(4)5)20-8-3)16-18-10-12-19(16)11-7-2/h10,12-15,17H,6-9,11H2,1-5H3. The van der Waals surface area contributed by atoms with Gasteiger partial charge in [0.2, 0.25) is 0 Å². The van der Waals surface area contributed by atoms with Crippen molar-refractivity contribution in [2.24, 2.45) is 5.92 Å². The second-order valence-corrected chi connectivity index (χ2v) is 5.57. The fourth-order valence-electron chi connectivity index (χ4n) is 2.55. The Morgan fingerprint density at radius 1 is 1.25 bits per heavy atom. The van der Waals surface area contributed by atoms with Crippen molar-refractivity contribution >= 4 is 0 Å². The van der Waals surface area contributed by atoms with Crippen molar-refractivity contribution in [2.75, 3.05) is 13.2 Å². The quantitative estimate of drug-likeness (QED) is 0.714. The van der Waals surface area contributed by atoms with Gasteiger partial charge in [-0.2, -0.15) is 0 Å². The average Bonchev–Trinajstić information content (AvgIpc) is 2.86. The Balaban J connectivity index is 2.99. The number of ether oxygens (including phenoxy) is 1. The van der Waals surface area contributed by atoms with Crippen LogP contribution in [0.25, 0.3) is 0 Å². The minimum absolute atomic E-state index is 0.157. The lowest BCUT2D eigenvalue weighted by molar-refractivity contribution is -0.0000782. The number of nitrogens with zero attached hydrogens (tertiary/aromatic N) is 2. The van der Waals surface area contributed by atoms with Crippen LogP contribution in [0, 0.1) is 5.92 Å². The number of hydrogen-bond acceptors (Lipinski definition) is 3. The lowest BCUT2D eigenvalue weighted by Gasteiger charge is -2.31. The molecule has 20 heavy (non-hydrogen) atoms. The number of nitrogens with one attached hydrogen (secondary N) is 1. The monoisotopic (exact) mass is 281 g/mol. The minimum Gasteiger partial charge on any atom is -0.376 e. The summed E-state index contributed by atoms with van der Waals surface area (Å²) in [5.74, 6) is 1.56. The fraction of sp³-hybridized carbons (Fsp3) is 0.812. The molecule has 0 saturated heterocycles. The van der Waals surface area contributed by atoms with Gasteiger partial charge >= 0.3 is 0 Å². The molecule has 0 fully saturated rings. The van der Waals surface area contributed by atoms with Crippen LogP contribution in [-0.4, -0.2) is 28.8 Å². The van der Waals surface area contributed by atoms with Crippen LogP contribution < -0.4 is 5.32 Å². The second kappa shape index (κ2) is 9.14. The summed E-state index contributed by atoms with van der Waals surface area (Å²) < 4.78 is 8.26. The zero-order chi connectivity index (χ0) is 15.0. The summed E-state index contributed by atoms with van der Waals surface area (Å²) in [5.41, 5.74) is 0. The molecule has 0 aliphatic carbocycles. The highest BCUT2D eigenvalue weighted by molar-refractivity contribution is 5.03. The van der Waals surface area contributed by atoms with Crippen LogP contribution in [-0.2, 0) is 11.3 Å². The summed E-state index contributed by atoms with van der Waals surface area (Å²) in [5, 5.41) is 3.63. The maximum Gasteiger partial charge on any atom is 0.128 e. The van der Waals surface area contributed by atoms with Gasteiger partial charge in [-0.25, -0.2) is 4.98 Å². The summed E-state index contributed by atoms with van der Waals surface area (Å²) in [6, 6.07) is 0.163. The van der Waals surface area contributed by atoms with Crippen LogP contribution in [0.15, 0.2) is 12.4 Å². The molecule has 0 radical (unpaired) electrons.